The number of ether oxygens (including phenoxy) is 1. The number of benzene rings is 1. The molecule has 0 spiro atoms. The van der Waals surface area contributed by atoms with E-state index in [0.29, 0.717) is 30.1 Å². The lowest BCUT2D eigenvalue weighted by Crippen LogP contribution is -2.33. The largest absolute Gasteiger partial charge is 0.375 e. The molecule has 1 aromatic rings. The third-order valence-corrected chi connectivity index (χ3v) is 5.35. The molecule has 5 atom stereocenters. The molecule has 2 nitrogen and oxygen atoms in total. The van der Waals surface area contributed by atoms with Gasteiger partial charge in [0.2, 0.25) is 0 Å². The van der Waals surface area contributed by atoms with Crippen molar-refractivity contribution >= 4 is 0 Å². The first kappa shape index (κ1) is 16.5. The Labute approximate surface area is 130 Å². The zero-order chi connectivity index (χ0) is 15.6. The molecule has 2 rings (SSSR count). The molecule has 1 fully saturated rings. The van der Waals surface area contributed by atoms with Crippen molar-refractivity contribution in [1.29, 1.82) is 0 Å². The van der Waals surface area contributed by atoms with Crippen LogP contribution in [-0.4, -0.2) is 19.3 Å². The number of nitrogens with one attached hydrogen (secondary N) is 1. The molecule has 118 valence electrons. The zero-order valence-corrected chi connectivity index (χ0v) is 14.4. The van der Waals surface area contributed by atoms with E-state index in [-0.39, 0.29) is 0 Å². The van der Waals surface area contributed by atoms with Crippen molar-refractivity contribution in [3.05, 3.63) is 34.9 Å². The maximum absolute atomic E-state index is 6.08. The summed E-state index contributed by atoms with van der Waals surface area (Å²) in [6.07, 6.45) is 2.84. The van der Waals surface area contributed by atoms with Crippen LogP contribution in [0.3, 0.4) is 0 Å². The fraction of sp³-hybridized carbons (Fsp3) is 0.684. The van der Waals surface area contributed by atoms with Gasteiger partial charge in [0.05, 0.1) is 12.2 Å². The maximum atomic E-state index is 6.08. The van der Waals surface area contributed by atoms with Crippen molar-refractivity contribution in [3.8, 4) is 0 Å². The summed E-state index contributed by atoms with van der Waals surface area (Å²) in [7, 11) is 2.09. The van der Waals surface area contributed by atoms with Crippen molar-refractivity contribution in [2.24, 2.45) is 11.8 Å². The summed E-state index contributed by atoms with van der Waals surface area (Å²) in [4.78, 5) is 0. The molecule has 0 amide bonds. The quantitative estimate of drug-likeness (QED) is 0.880. The second-order valence-corrected chi connectivity index (χ2v) is 6.49. The predicted octanol–water partition coefficient (Wildman–Crippen LogP) is 4.13. The topological polar surface area (TPSA) is 21.3 Å². The Hall–Kier alpha value is -0.860. The van der Waals surface area contributed by atoms with E-state index in [1.165, 1.54) is 16.7 Å². The second-order valence-electron chi connectivity index (χ2n) is 6.49. The van der Waals surface area contributed by atoms with Crippen LogP contribution in [0, 0.1) is 11.8 Å². The van der Waals surface area contributed by atoms with E-state index in [1.54, 1.807) is 0 Å². The highest BCUT2D eigenvalue weighted by atomic mass is 16.5. The first-order valence-electron chi connectivity index (χ1n) is 8.47. The average Bonchev–Trinajstić information content (AvgIpc) is 2.74. The van der Waals surface area contributed by atoms with Gasteiger partial charge in [0.15, 0.2) is 0 Å². The van der Waals surface area contributed by atoms with Crippen molar-refractivity contribution < 1.29 is 4.74 Å². The number of hydrogen-bond donors (Lipinski definition) is 1. The van der Waals surface area contributed by atoms with Gasteiger partial charge < -0.3 is 10.1 Å². The van der Waals surface area contributed by atoms with Crippen molar-refractivity contribution in [1.82, 2.24) is 5.32 Å². The van der Waals surface area contributed by atoms with Gasteiger partial charge in [-0.05, 0) is 56.3 Å². The molecule has 0 aromatic heterocycles. The molecule has 0 bridgehead atoms. The van der Waals surface area contributed by atoms with Gasteiger partial charge in [0, 0.05) is 12.0 Å². The molecule has 0 aliphatic carbocycles. The minimum Gasteiger partial charge on any atom is -0.375 e. The third kappa shape index (κ3) is 3.17. The van der Waals surface area contributed by atoms with Crippen LogP contribution >= 0.6 is 0 Å². The molecule has 5 unspecified atom stereocenters. The molecule has 2 heteroatoms. The van der Waals surface area contributed by atoms with E-state index in [1.807, 2.05) is 0 Å². The van der Waals surface area contributed by atoms with Crippen molar-refractivity contribution in [3.63, 3.8) is 0 Å². The van der Waals surface area contributed by atoms with Crippen LogP contribution in [0.5, 0.6) is 0 Å². The van der Waals surface area contributed by atoms with Crippen LogP contribution in [0.15, 0.2) is 18.2 Å². The van der Waals surface area contributed by atoms with Gasteiger partial charge in [-0.2, -0.15) is 0 Å². The Morgan fingerprint density at radius 3 is 2.29 bits per heavy atom. The summed E-state index contributed by atoms with van der Waals surface area (Å²) in [5.74, 6) is 1.11. The van der Waals surface area contributed by atoms with Crippen LogP contribution in [0.2, 0.25) is 0 Å². The zero-order valence-electron chi connectivity index (χ0n) is 14.4. The van der Waals surface area contributed by atoms with Crippen LogP contribution < -0.4 is 5.32 Å². The Bertz CT molecular complexity index is 471. The lowest BCUT2D eigenvalue weighted by Gasteiger charge is -2.31. The number of aryl methyl sites for hydroxylation is 2. The van der Waals surface area contributed by atoms with Gasteiger partial charge in [-0.25, -0.2) is 0 Å². The molecular weight excluding hydrogens is 258 g/mol. The number of rotatable bonds is 5. The summed E-state index contributed by atoms with van der Waals surface area (Å²) >= 11 is 0. The molecule has 0 radical (unpaired) electrons. The minimum absolute atomic E-state index is 0.308. The Balaban J connectivity index is 2.41. The predicted molar refractivity (Wildman–Crippen MR) is 89.7 cm³/mol. The van der Waals surface area contributed by atoms with E-state index in [0.717, 1.165) is 12.8 Å². The van der Waals surface area contributed by atoms with E-state index >= 15 is 0 Å². The van der Waals surface area contributed by atoms with Crippen LogP contribution in [0.25, 0.3) is 0 Å². The molecular formula is C19H31NO. The molecule has 1 aromatic carbocycles. The van der Waals surface area contributed by atoms with Crippen LogP contribution in [0.4, 0.5) is 0 Å². The monoisotopic (exact) mass is 289 g/mol. The molecule has 1 heterocycles. The van der Waals surface area contributed by atoms with Crippen LogP contribution in [-0.2, 0) is 17.6 Å². The van der Waals surface area contributed by atoms with E-state index < -0.39 is 0 Å². The van der Waals surface area contributed by atoms with Crippen LogP contribution in [0.1, 0.15) is 57.4 Å². The lowest BCUT2D eigenvalue weighted by atomic mass is 9.78. The molecule has 1 saturated heterocycles. The normalized spacial score (nSPS) is 30.6. The van der Waals surface area contributed by atoms with E-state index in [9.17, 15) is 0 Å². The Kier molecular flexibility index (Phi) is 5.45. The number of hydrogen-bond acceptors (Lipinski definition) is 2. The van der Waals surface area contributed by atoms with E-state index in [4.69, 9.17) is 4.74 Å². The lowest BCUT2D eigenvalue weighted by molar-refractivity contribution is 0.0478. The SMILES string of the molecule is CCc1ccc(CC)c(C(NC)C2C(C)OC(C)C2C)c1. The fourth-order valence-corrected chi connectivity index (χ4v) is 3.90. The standard InChI is InChI=1S/C19H31NO/c1-7-15-9-10-16(8-2)17(11-15)19(20-6)18-12(3)13(4)21-14(18)5/h9-14,18-20H,7-8H2,1-6H3. The summed E-state index contributed by atoms with van der Waals surface area (Å²) in [5.41, 5.74) is 4.36. The van der Waals surface area contributed by atoms with Gasteiger partial charge in [0.25, 0.3) is 0 Å². The Morgan fingerprint density at radius 1 is 1.10 bits per heavy atom. The third-order valence-electron chi connectivity index (χ3n) is 5.35. The Morgan fingerprint density at radius 2 is 1.81 bits per heavy atom. The highest BCUT2D eigenvalue weighted by Gasteiger charge is 2.42. The van der Waals surface area contributed by atoms with Gasteiger partial charge in [-0.1, -0.05) is 39.0 Å². The first-order valence-corrected chi connectivity index (χ1v) is 8.47. The highest BCUT2D eigenvalue weighted by Crippen LogP contribution is 2.41. The summed E-state index contributed by atoms with van der Waals surface area (Å²) in [6.45, 7) is 11.2. The van der Waals surface area contributed by atoms with Gasteiger partial charge >= 0.3 is 0 Å². The molecule has 0 saturated carbocycles. The molecule has 1 aliphatic heterocycles. The second kappa shape index (κ2) is 6.93. The summed E-state index contributed by atoms with van der Waals surface area (Å²) in [6, 6.07) is 7.37. The van der Waals surface area contributed by atoms with Gasteiger partial charge in [-0.15, -0.1) is 0 Å². The summed E-state index contributed by atoms with van der Waals surface area (Å²) in [5, 5.41) is 3.59. The highest BCUT2D eigenvalue weighted by molar-refractivity contribution is 5.35. The maximum Gasteiger partial charge on any atom is 0.0600 e. The smallest absolute Gasteiger partial charge is 0.0600 e. The molecule has 1 N–H and O–H groups in total. The summed E-state index contributed by atoms with van der Waals surface area (Å²) < 4.78 is 6.08. The molecule has 1 aliphatic rings. The van der Waals surface area contributed by atoms with Gasteiger partial charge in [-0.3, -0.25) is 0 Å². The van der Waals surface area contributed by atoms with Crippen molar-refractivity contribution in [2.75, 3.05) is 7.05 Å². The fourth-order valence-electron chi connectivity index (χ4n) is 3.90. The minimum atomic E-state index is 0.308. The van der Waals surface area contributed by atoms with Crippen molar-refractivity contribution in [2.45, 2.75) is 65.7 Å². The van der Waals surface area contributed by atoms with Gasteiger partial charge in [0.1, 0.15) is 0 Å². The average molecular weight is 289 g/mol. The van der Waals surface area contributed by atoms with E-state index in [2.05, 4.69) is 65.2 Å². The molecule has 21 heavy (non-hydrogen) atoms. The first-order chi connectivity index (χ1) is 10.0.